The lowest BCUT2D eigenvalue weighted by molar-refractivity contribution is 0.409. The summed E-state index contributed by atoms with van der Waals surface area (Å²) in [7, 11) is 0. The van der Waals surface area contributed by atoms with Crippen LogP contribution < -0.4 is 5.73 Å². The van der Waals surface area contributed by atoms with Gasteiger partial charge in [0.15, 0.2) is 0 Å². The fourth-order valence-corrected chi connectivity index (χ4v) is 3.15. The van der Waals surface area contributed by atoms with Gasteiger partial charge in [0, 0.05) is 16.1 Å². The van der Waals surface area contributed by atoms with Crippen molar-refractivity contribution in [3.63, 3.8) is 0 Å². The van der Waals surface area contributed by atoms with Gasteiger partial charge in [0.2, 0.25) is 0 Å². The third-order valence-electron chi connectivity index (χ3n) is 3.61. The monoisotopic (exact) mass is 283 g/mol. The number of aryl methyl sites for hydroxylation is 1. The van der Waals surface area contributed by atoms with E-state index in [2.05, 4.69) is 15.9 Å². The van der Waals surface area contributed by atoms with Crippen LogP contribution in [0.4, 0.5) is 0 Å². The van der Waals surface area contributed by atoms with E-state index < -0.39 is 0 Å². The lowest BCUT2D eigenvalue weighted by Crippen LogP contribution is -2.20. The summed E-state index contributed by atoms with van der Waals surface area (Å²) in [6.45, 7) is 1.91. The summed E-state index contributed by atoms with van der Waals surface area (Å²) in [6, 6.07) is 3.83. The number of hydrogen-bond acceptors (Lipinski definition) is 2. The minimum Gasteiger partial charge on any atom is -0.507 e. The standard InChI is InChI=1S/C13H18BrNO/c1-8-6-7-10(14)11(13(8)16)12(15)9-4-2-3-5-9/h6-7,9,12,16H,2-5,15H2,1H3/t12-/m1/s1. The SMILES string of the molecule is Cc1ccc(Br)c([C@H](N)C2CCCC2)c1O. The molecule has 0 heterocycles. The van der Waals surface area contributed by atoms with Crippen LogP contribution in [0.25, 0.3) is 0 Å². The first kappa shape index (κ1) is 11.9. The maximum Gasteiger partial charge on any atom is 0.124 e. The Kier molecular flexibility index (Phi) is 3.55. The Labute approximate surface area is 105 Å². The molecule has 0 radical (unpaired) electrons. The summed E-state index contributed by atoms with van der Waals surface area (Å²) in [5.41, 5.74) is 8.06. The number of nitrogens with two attached hydrogens (primary N) is 1. The van der Waals surface area contributed by atoms with E-state index in [1.807, 2.05) is 19.1 Å². The molecule has 0 bridgehead atoms. The van der Waals surface area contributed by atoms with Crippen LogP contribution in [-0.2, 0) is 0 Å². The Bertz CT molecular complexity index is 386. The molecule has 1 aliphatic carbocycles. The Morgan fingerprint density at radius 3 is 2.62 bits per heavy atom. The molecule has 0 aliphatic heterocycles. The molecule has 1 aliphatic rings. The molecule has 1 fully saturated rings. The zero-order valence-corrected chi connectivity index (χ0v) is 11.1. The molecule has 1 atom stereocenters. The van der Waals surface area contributed by atoms with E-state index in [1.165, 1.54) is 25.7 Å². The summed E-state index contributed by atoms with van der Waals surface area (Å²) in [5.74, 6) is 0.873. The van der Waals surface area contributed by atoms with Crippen molar-refractivity contribution >= 4 is 15.9 Å². The molecule has 0 spiro atoms. The van der Waals surface area contributed by atoms with Gasteiger partial charge in [-0.05, 0) is 37.3 Å². The number of phenolic OH excluding ortho intramolecular Hbond substituents is 1. The van der Waals surface area contributed by atoms with Gasteiger partial charge in [0.05, 0.1) is 0 Å². The van der Waals surface area contributed by atoms with Crippen molar-refractivity contribution in [2.45, 2.75) is 38.6 Å². The van der Waals surface area contributed by atoms with Crippen molar-refractivity contribution in [2.24, 2.45) is 11.7 Å². The quantitative estimate of drug-likeness (QED) is 0.870. The molecule has 3 N–H and O–H groups in total. The van der Waals surface area contributed by atoms with Gasteiger partial charge in [0.1, 0.15) is 5.75 Å². The fourth-order valence-electron chi connectivity index (χ4n) is 2.56. The van der Waals surface area contributed by atoms with Crippen LogP contribution >= 0.6 is 15.9 Å². The number of hydrogen-bond donors (Lipinski definition) is 2. The minimum atomic E-state index is -0.0447. The van der Waals surface area contributed by atoms with E-state index in [-0.39, 0.29) is 6.04 Å². The van der Waals surface area contributed by atoms with Crippen molar-refractivity contribution in [3.8, 4) is 5.75 Å². The largest absolute Gasteiger partial charge is 0.507 e. The minimum absolute atomic E-state index is 0.0447. The summed E-state index contributed by atoms with van der Waals surface area (Å²) in [6.07, 6.45) is 4.90. The average Bonchev–Trinajstić information content (AvgIpc) is 2.77. The lowest BCUT2D eigenvalue weighted by Gasteiger charge is -2.22. The highest BCUT2D eigenvalue weighted by atomic mass is 79.9. The molecular formula is C13H18BrNO. The highest BCUT2D eigenvalue weighted by Crippen LogP contribution is 2.41. The molecule has 3 heteroatoms. The van der Waals surface area contributed by atoms with E-state index in [0.29, 0.717) is 11.7 Å². The van der Waals surface area contributed by atoms with E-state index in [1.54, 1.807) is 0 Å². The van der Waals surface area contributed by atoms with E-state index >= 15 is 0 Å². The van der Waals surface area contributed by atoms with Crippen molar-refractivity contribution < 1.29 is 5.11 Å². The predicted molar refractivity (Wildman–Crippen MR) is 69.4 cm³/mol. The van der Waals surface area contributed by atoms with Crippen LogP contribution in [0.3, 0.4) is 0 Å². The highest BCUT2D eigenvalue weighted by molar-refractivity contribution is 9.10. The van der Waals surface area contributed by atoms with Gasteiger partial charge in [0.25, 0.3) is 0 Å². The molecular weight excluding hydrogens is 266 g/mol. The number of benzene rings is 1. The molecule has 16 heavy (non-hydrogen) atoms. The smallest absolute Gasteiger partial charge is 0.124 e. The van der Waals surface area contributed by atoms with Gasteiger partial charge in [-0.25, -0.2) is 0 Å². The first-order valence-corrected chi connectivity index (χ1v) is 6.64. The highest BCUT2D eigenvalue weighted by Gasteiger charge is 2.27. The van der Waals surface area contributed by atoms with Gasteiger partial charge in [-0.1, -0.05) is 34.8 Å². The normalized spacial score (nSPS) is 18.9. The van der Waals surface area contributed by atoms with E-state index in [0.717, 1.165) is 15.6 Å². The average molecular weight is 284 g/mol. The molecule has 0 aromatic heterocycles. The maximum absolute atomic E-state index is 10.1. The predicted octanol–water partition coefficient (Wildman–Crippen LogP) is 3.65. The van der Waals surface area contributed by atoms with Gasteiger partial charge < -0.3 is 10.8 Å². The van der Waals surface area contributed by atoms with E-state index in [4.69, 9.17) is 5.73 Å². The van der Waals surface area contributed by atoms with E-state index in [9.17, 15) is 5.11 Å². The van der Waals surface area contributed by atoms with Crippen LogP contribution in [0, 0.1) is 12.8 Å². The topological polar surface area (TPSA) is 46.2 Å². The number of halogens is 1. The molecule has 1 saturated carbocycles. The number of aromatic hydroxyl groups is 1. The maximum atomic E-state index is 10.1. The zero-order chi connectivity index (χ0) is 11.7. The molecule has 1 aromatic carbocycles. The lowest BCUT2D eigenvalue weighted by atomic mass is 9.91. The van der Waals surface area contributed by atoms with Crippen molar-refractivity contribution in [2.75, 3.05) is 0 Å². The molecule has 0 amide bonds. The van der Waals surface area contributed by atoms with Gasteiger partial charge in [-0.2, -0.15) is 0 Å². The van der Waals surface area contributed by atoms with Crippen molar-refractivity contribution in [3.05, 3.63) is 27.7 Å². The van der Waals surface area contributed by atoms with Crippen LogP contribution in [-0.4, -0.2) is 5.11 Å². The fraction of sp³-hybridized carbons (Fsp3) is 0.538. The second-order valence-corrected chi connectivity index (χ2v) is 5.55. The molecule has 2 rings (SSSR count). The molecule has 2 nitrogen and oxygen atoms in total. The van der Waals surface area contributed by atoms with Gasteiger partial charge in [-0.3, -0.25) is 0 Å². The first-order chi connectivity index (χ1) is 7.61. The van der Waals surface area contributed by atoms with Crippen LogP contribution in [0.15, 0.2) is 16.6 Å². The Morgan fingerprint density at radius 2 is 2.00 bits per heavy atom. The molecule has 88 valence electrons. The molecule has 0 unspecified atom stereocenters. The number of phenols is 1. The molecule has 1 aromatic rings. The van der Waals surface area contributed by atoms with Crippen LogP contribution in [0.2, 0.25) is 0 Å². The Morgan fingerprint density at radius 1 is 1.38 bits per heavy atom. The third-order valence-corrected chi connectivity index (χ3v) is 4.30. The summed E-state index contributed by atoms with van der Waals surface area (Å²) >= 11 is 3.49. The zero-order valence-electron chi connectivity index (χ0n) is 9.54. The van der Waals surface area contributed by atoms with Crippen LogP contribution in [0.1, 0.15) is 42.9 Å². The molecule has 0 saturated heterocycles. The Balaban J connectivity index is 2.34. The Hall–Kier alpha value is -0.540. The summed E-state index contributed by atoms with van der Waals surface area (Å²) in [4.78, 5) is 0. The first-order valence-electron chi connectivity index (χ1n) is 5.85. The van der Waals surface area contributed by atoms with Crippen LogP contribution in [0.5, 0.6) is 5.75 Å². The van der Waals surface area contributed by atoms with Gasteiger partial charge >= 0.3 is 0 Å². The number of rotatable bonds is 2. The third kappa shape index (κ3) is 2.11. The second-order valence-electron chi connectivity index (χ2n) is 4.70. The second kappa shape index (κ2) is 4.76. The summed E-state index contributed by atoms with van der Waals surface area (Å²) in [5, 5.41) is 10.1. The van der Waals surface area contributed by atoms with Crippen molar-refractivity contribution in [1.82, 2.24) is 0 Å². The van der Waals surface area contributed by atoms with Crippen molar-refractivity contribution in [1.29, 1.82) is 0 Å². The van der Waals surface area contributed by atoms with Gasteiger partial charge in [-0.15, -0.1) is 0 Å². The summed E-state index contributed by atoms with van der Waals surface area (Å²) < 4.78 is 0.926.